The average molecular weight is 435 g/mol. The molecule has 1 saturated heterocycles. The Hall–Kier alpha value is -2.08. The lowest BCUT2D eigenvalue weighted by Crippen LogP contribution is -2.61. The summed E-state index contributed by atoms with van der Waals surface area (Å²) in [5.41, 5.74) is -0.744. The molecule has 1 heterocycles. The second kappa shape index (κ2) is 7.63. The molecule has 0 aromatic heterocycles. The van der Waals surface area contributed by atoms with Gasteiger partial charge < -0.3 is 5.11 Å². The van der Waals surface area contributed by atoms with Gasteiger partial charge in [-0.25, -0.2) is 9.69 Å². The second-order valence-corrected chi connectivity index (χ2v) is 9.06. The zero-order valence-corrected chi connectivity index (χ0v) is 18.3. The predicted molar refractivity (Wildman–Crippen MR) is 114 cm³/mol. The Morgan fingerprint density at radius 3 is 2.10 bits per heavy atom. The van der Waals surface area contributed by atoms with Crippen LogP contribution in [0.2, 0.25) is 10.0 Å². The summed E-state index contributed by atoms with van der Waals surface area (Å²) in [5, 5.41) is 10.7. The molecule has 5 nitrogen and oxygen atoms in total. The molecule has 1 aliphatic rings. The fourth-order valence-corrected chi connectivity index (χ4v) is 5.10. The van der Waals surface area contributed by atoms with Crippen LogP contribution in [0.4, 0.5) is 4.79 Å². The molecule has 2 atom stereocenters. The molecule has 154 valence electrons. The molecule has 1 N–H and O–H groups in total. The molecule has 29 heavy (non-hydrogen) atoms. The van der Waals surface area contributed by atoms with E-state index in [0.717, 1.165) is 10.5 Å². The molecule has 1 unspecified atom stereocenters. The van der Waals surface area contributed by atoms with Crippen LogP contribution in [-0.4, -0.2) is 33.5 Å². The molecule has 0 spiro atoms. The highest BCUT2D eigenvalue weighted by Crippen LogP contribution is 2.56. The first-order valence-electron chi connectivity index (χ1n) is 9.35. The molecule has 7 heteroatoms. The van der Waals surface area contributed by atoms with Gasteiger partial charge in [0, 0.05) is 27.1 Å². The first kappa shape index (κ1) is 21.6. The maximum atomic E-state index is 13.0. The number of amides is 2. The first-order valence-corrected chi connectivity index (χ1v) is 10.1. The summed E-state index contributed by atoms with van der Waals surface area (Å²) in [6.45, 7) is 7.57. The third kappa shape index (κ3) is 3.31. The Kier molecular flexibility index (Phi) is 5.69. The van der Waals surface area contributed by atoms with Crippen LogP contribution < -0.4 is 0 Å². The van der Waals surface area contributed by atoms with E-state index in [1.54, 1.807) is 18.2 Å². The fourth-order valence-electron chi connectivity index (χ4n) is 4.44. The van der Waals surface area contributed by atoms with Crippen molar-refractivity contribution in [2.24, 2.45) is 5.41 Å². The topological polar surface area (TPSA) is 60.9 Å². The van der Waals surface area contributed by atoms with E-state index in [1.807, 2.05) is 62.9 Å². The van der Waals surface area contributed by atoms with E-state index in [4.69, 9.17) is 23.2 Å². The number of nitrogens with zero attached hydrogens (tertiary/aromatic N) is 2. The molecule has 2 amide bonds. The molecule has 0 bridgehead atoms. The summed E-state index contributed by atoms with van der Waals surface area (Å²) in [7, 11) is 0. The lowest BCUT2D eigenvalue weighted by atomic mass is 9.73. The summed E-state index contributed by atoms with van der Waals surface area (Å²) < 4.78 is 0. The van der Waals surface area contributed by atoms with E-state index in [2.05, 4.69) is 0 Å². The quantitative estimate of drug-likeness (QED) is 0.665. The van der Waals surface area contributed by atoms with Crippen LogP contribution >= 0.6 is 23.2 Å². The summed E-state index contributed by atoms with van der Waals surface area (Å²) >= 11 is 13.2. The van der Waals surface area contributed by atoms with Gasteiger partial charge in [0.25, 0.3) is 0 Å². The van der Waals surface area contributed by atoms with Crippen LogP contribution in [0.5, 0.6) is 0 Å². The zero-order valence-electron chi connectivity index (χ0n) is 16.8. The predicted octanol–water partition coefficient (Wildman–Crippen LogP) is 5.78. The van der Waals surface area contributed by atoms with Crippen molar-refractivity contribution in [3.63, 3.8) is 0 Å². The van der Waals surface area contributed by atoms with Crippen LogP contribution in [0.25, 0.3) is 0 Å². The SMILES string of the molecule is CC(c1ccccc1)N1CC(=O)N(C(=O)O)[C@]1(c1c(Cl)cccc1Cl)C(C)(C)C. The number of benzene rings is 2. The minimum atomic E-state index is -1.39. The molecule has 3 rings (SSSR count). The minimum absolute atomic E-state index is 0.0683. The third-order valence-electron chi connectivity index (χ3n) is 5.59. The van der Waals surface area contributed by atoms with E-state index < -0.39 is 23.1 Å². The van der Waals surface area contributed by atoms with Crippen LogP contribution in [-0.2, 0) is 10.5 Å². The van der Waals surface area contributed by atoms with Gasteiger partial charge in [0.15, 0.2) is 0 Å². The molecular formula is C22H24Cl2N2O3. The smallest absolute Gasteiger partial charge is 0.415 e. The van der Waals surface area contributed by atoms with Crippen molar-refractivity contribution in [3.05, 3.63) is 69.7 Å². The normalized spacial score (nSPS) is 21.4. The first-order chi connectivity index (χ1) is 13.5. The molecule has 1 aliphatic heterocycles. The Morgan fingerprint density at radius 1 is 1.07 bits per heavy atom. The number of halogens is 2. The van der Waals surface area contributed by atoms with E-state index in [-0.39, 0.29) is 12.6 Å². The van der Waals surface area contributed by atoms with Crippen molar-refractivity contribution >= 4 is 35.2 Å². The molecular weight excluding hydrogens is 411 g/mol. The number of carbonyl (C=O) groups excluding carboxylic acids is 1. The van der Waals surface area contributed by atoms with Gasteiger partial charge in [-0.15, -0.1) is 0 Å². The highest BCUT2D eigenvalue weighted by atomic mass is 35.5. The largest absolute Gasteiger partial charge is 0.465 e. The Bertz CT molecular complexity index is 923. The van der Waals surface area contributed by atoms with E-state index in [9.17, 15) is 14.7 Å². The monoisotopic (exact) mass is 434 g/mol. The molecule has 0 saturated carbocycles. The lowest BCUT2D eigenvalue weighted by molar-refractivity contribution is -0.135. The molecule has 0 radical (unpaired) electrons. The van der Waals surface area contributed by atoms with Gasteiger partial charge in [0.05, 0.1) is 6.54 Å². The van der Waals surface area contributed by atoms with E-state index in [0.29, 0.717) is 15.6 Å². The van der Waals surface area contributed by atoms with Crippen LogP contribution in [0.3, 0.4) is 0 Å². The van der Waals surface area contributed by atoms with Gasteiger partial charge >= 0.3 is 6.09 Å². The highest BCUT2D eigenvalue weighted by Gasteiger charge is 2.64. The number of carboxylic acid groups (broad SMARTS) is 1. The van der Waals surface area contributed by atoms with Crippen molar-refractivity contribution < 1.29 is 14.7 Å². The van der Waals surface area contributed by atoms with Crippen LogP contribution in [0.15, 0.2) is 48.5 Å². The number of carbonyl (C=O) groups is 2. The van der Waals surface area contributed by atoms with Gasteiger partial charge in [-0.05, 0) is 24.6 Å². The molecule has 0 aliphatic carbocycles. The van der Waals surface area contributed by atoms with Gasteiger partial charge in [-0.3, -0.25) is 9.69 Å². The standard InChI is InChI=1S/C22H24Cl2N2O3/c1-14(15-9-6-5-7-10-15)25-13-18(27)26(20(28)29)22(25,21(2,3)4)19-16(23)11-8-12-17(19)24/h5-12,14H,13H2,1-4H3,(H,28,29)/t14?,22-/m1/s1. The Balaban J connectivity index is 2.38. The lowest BCUT2D eigenvalue weighted by Gasteiger charge is -2.53. The zero-order chi connectivity index (χ0) is 21.6. The van der Waals surface area contributed by atoms with E-state index >= 15 is 0 Å². The van der Waals surface area contributed by atoms with Gasteiger partial charge in [-0.2, -0.15) is 0 Å². The third-order valence-corrected chi connectivity index (χ3v) is 6.22. The summed E-state index contributed by atoms with van der Waals surface area (Å²) in [4.78, 5) is 28.2. The molecule has 2 aromatic rings. The molecule has 2 aromatic carbocycles. The summed E-state index contributed by atoms with van der Waals surface area (Å²) in [6, 6.07) is 14.4. The maximum absolute atomic E-state index is 13.0. The summed E-state index contributed by atoms with van der Waals surface area (Å²) in [6.07, 6.45) is -1.33. The van der Waals surface area contributed by atoms with Gasteiger partial charge in [0.2, 0.25) is 5.91 Å². The van der Waals surface area contributed by atoms with Crippen molar-refractivity contribution in [1.29, 1.82) is 0 Å². The minimum Gasteiger partial charge on any atom is -0.465 e. The van der Waals surface area contributed by atoms with Crippen LogP contribution in [0.1, 0.15) is 44.9 Å². The number of hydrogen-bond acceptors (Lipinski definition) is 3. The Morgan fingerprint density at radius 2 is 1.62 bits per heavy atom. The summed E-state index contributed by atoms with van der Waals surface area (Å²) in [5.74, 6) is -0.508. The Labute approximate surface area is 180 Å². The van der Waals surface area contributed by atoms with Crippen molar-refractivity contribution in [3.8, 4) is 0 Å². The fraction of sp³-hybridized carbons (Fsp3) is 0.364. The van der Waals surface area contributed by atoms with Crippen molar-refractivity contribution in [2.45, 2.75) is 39.4 Å². The van der Waals surface area contributed by atoms with Crippen LogP contribution in [0, 0.1) is 5.41 Å². The number of hydrogen-bond donors (Lipinski definition) is 1. The van der Waals surface area contributed by atoms with Gasteiger partial charge in [-0.1, -0.05) is 80.4 Å². The number of imide groups is 1. The average Bonchev–Trinajstić information content (AvgIpc) is 2.95. The maximum Gasteiger partial charge on any atom is 0.415 e. The van der Waals surface area contributed by atoms with E-state index in [1.165, 1.54) is 0 Å². The van der Waals surface area contributed by atoms with Gasteiger partial charge in [0.1, 0.15) is 5.66 Å². The highest BCUT2D eigenvalue weighted by molar-refractivity contribution is 6.36. The van der Waals surface area contributed by atoms with Crippen molar-refractivity contribution in [1.82, 2.24) is 9.80 Å². The second-order valence-electron chi connectivity index (χ2n) is 8.25. The molecule has 1 fully saturated rings. The number of rotatable bonds is 3. The van der Waals surface area contributed by atoms with Crippen molar-refractivity contribution in [2.75, 3.05) is 6.54 Å².